The highest BCUT2D eigenvalue weighted by Crippen LogP contribution is 2.49. The minimum atomic E-state index is -3.89. The summed E-state index contributed by atoms with van der Waals surface area (Å²) >= 11 is 0. The van der Waals surface area contributed by atoms with Gasteiger partial charge in [-0.05, 0) is 30.5 Å². The molecular formula is C41H69FN5O8P. The van der Waals surface area contributed by atoms with Crippen LogP contribution in [0.3, 0.4) is 0 Å². The van der Waals surface area contributed by atoms with Crippen LogP contribution in [0.25, 0.3) is 11.2 Å². The summed E-state index contributed by atoms with van der Waals surface area (Å²) in [4.78, 5) is 22.8. The van der Waals surface area contributed by atoms with E-state index in [0.29, 0.717) is 24.4 Å². The van der Waals surface area contributed by atoms with Crippen LogP contribution < -0.4 is 16.0 Å². The second kappa shape index (κ2) is 28.5. The third-order valence-electron chi connectivity index (χ3n) is 9.62. The zero-order valence-electron chi connectivity index (χ0n) is 34.3. The number of rotatable bonds is 35. The van der Waals surface area contributed by atoms with Gasteiger partial charge >= 0.3 is 7.60 Å². The summed E-state index contributed by atoms with van der Waals surface area (Å²) < 4.78 is 64.7. The molecule has 3 N–H and O–H groups in total. The van der Waals surface area contributed by atoms with Crippen LogP contribution in [0.4, 0.5) is 10.3 Å². The Morgan fingerprint density at radius 1 is 0.821 bits per heavy atom. The van der Waals surface area contributed by atoms with Crippen molar-refractivity contribution in [2.24, 2.45) is 0 Å². The van der Waals surface area contributed by atoms with Gasteiger partial charge in [0.2, 0.25) is 5.95 Å². The van der Waals surface area contributed by atoms with Gasteiger partial charge in [-0.3, -0.25) is 14.3 Å². The quantitative estimate of drug-likeness (QED) is 0.0430. The first-order valence-electron chi connectivity index (χ1n) is 21.0. The average Bonchev–Trinajstić information content (AvgIpc) is 3.60. The SMILES string of the molecule is CCCCCCCCCCCCCCCCCCOCC(COP(=O)(COCCn1cnc2c(=O)[nH]c(N)nc21)OCc1ccc(OC)c(F)c1)OCCCC. The minimum absolute atomic E-state index is 0.0313. The van der Waals surface area contributed by atoms with Gasteiger partial charge in [0.25, 0.3) is 5.56 Å². The number of unbranched alkanes of at least 4 members (excludes halogenated alkanes) is 16. The predicted molar refractivity (Wildman–Crippen MR) is 220 cm³/mol. The maximum atomic E-state index is 14.4. The zero-order valence-corrected chi connectivity index (χ0v) is 35.2. The van der Waals surface area contributed by atoms with Crippen molar-refractivity contribution in [1.82, 2.24) is 19.5 Å². The highest BCUT2D eigenvalue weighted by atomic mass is 31.2. The fourth-order valence-electron chi connectivity index (χ4n) is 6.26. The summed E-state index contributed by atoms with van der Waals surface area (Å²) in [6.07, 6.45) is 23.4. The summed E-state index contributed by atoms with van der Waals surface area (Å²) in [6, 6.07) is 4.37. The van der Waals surface area contributed by atoms with Crippen LogP contribution in [-0.2, 0) is 41.0 Å². The lowest BCUT2D eigenvalue weighted by Gasteiger charge is -2.23. The summed E-state index contributed by atoms with van der Waals surface area (Å²) in [5.41, 5.74) is 6.16. The third kappa shape index (κ3) is 19.0. The molecule has 0 aliphatic heterocycles. The highest BCUT2D eigenvalue weighted by Gasteiger charge is 2.28. The maximum absolute atomic E-state index is 14.4. The third-order valence-corrected chi connectivity index (χ3v) is 11.2. The number of hydrogen-bond acceptors (Lipinski definition) is 11. The van der Waals surface area contributed by atoms with Gasteiger partial charge in [0.05, 0.1) is 39.9 Å². The average molecular weight is 810 g/mol. The van der Waals surface area contributed by atoms with Crippen molar-refractivity contribution in [2.45, 2.75) is 149 Å². The number of fused-ring (bicyclic) bond motifs is 1. The molecule has 0 amide bonds. The van der Waals surface area contributed by atoms with Crippen molar-refractivity contribution in [3.05, 3.63) is 46.3 Å². The number of methoxy groups -OCH3 is 1. The lowest BCUT2D eigenvalue weighted by Crippen LogP contribution is -2.26. The van der Waals surface area contributed by atoms with Gasteiger partial charge in [-0.2, -0.15) is 4.98 Å². The molecule has 0 saturated heterocycles. The van der Waals surface area contributed by atoms with Gasteiger partial charge < -0.3 is 38.3 Å². The molecule has 3 aromatic rings. The van der Waals surface area contributed by atoms with Crippen LogP contribution in [0.5, 0.6) is 5.75 Å². The van der Waals surface area contributed by atoms with Crippen LogP contribution in [0.2, 0.25) is 0 Å². The van der Waals surface area contributed by atoms with Crippen LogP contribution in [0.15, 0.2) is 29.3 Å². The van der Waals surface area contributed by atoms with Crippen molar-refractivity contribution >= 4 is 24.7 Å². The Hall–Kier alpha value is -2.87. The fraction of sp³-hybridized carbons (Fsp3) is 0.732. The molecule has 2 heterocycles. The first kappa shape index (κ1) is 47.5. The Bertz CT molecular complexity index is 1590. The molecule has 0 radical (unpaired) electrons. The molecular weight excluding hydrogens is 740 g/mol. The molecule has 0 fully saturated rings. The van der Waals surface area contributed by atoms with Gasteiger partial charge in [0.15, 0.2) is 22.7 Å². The van der Waals surface area contributed by atoms with E-state index in [1.807, 2.05) is 0 Å². The van der Waals surface area contributed by atoms with E-state index < -0.39 is 25.1 Å². The number of aromatic nitrogens is 4. The molecule has 13 nitrogen and oxygen atoms in total. The molecule has 0 saturated carbocycles. The molecule has 0 bridgehead atoms. The number of aromatic amines is 1. The number of nitrogen functional groups attached to an aromatic ring is 1. The number of hydrogen-bond donors (Lipinski definition) is 2. The van der Waals surface area contributed by atoms with E-state index in [2.05, 4.69) is 28.8 Å². The number of halogens is 1. The van der Waals surface area contributed by atoms with E-state index in [4.69, 9.17) is 33.7 Å². The van der Waals surface area contributed by atoms with Gasteiger partial charge in [0.1, 0.15) is 12.5 Å². The van der Waals surface area contributed by atoms with E-state index in [1.165, 1.54) is 115 Å². The van der Waals surface area contributed by atoms with Crippen LogP contribution in [-0.4, -0.2) is 72.1 Å². The second-order valence-corrected chi connectivity index (χ2v) is 16.5. The summed E-state index contributed by atoms with van der Waals surface area (Å²) in [7, 11) is -2.51. The van der Waals surface area contributed by atoms with E-state index in [1.54, 1.807) is 10.6 Å². The standard InChI is InChI=1S/C41H69FN5O8P/c1-4-6-8-9-10-11-12-13-14-15-16-17-18-19-20-21-25-51-30-35(53-26-7-5-2)31-55-56(49,54-29-34-22-23-37(50-3)36(42)28-34)33-52-27-24-47-32-44-38-39(47)45-41(43)46-40(38)48/h22-23,28,32,35H,4-21,24-27,29-31,33H2,1-3H3,(H3,43,45,46,48). The Morgan fingerprint density at radius 3 is 2.09 bits per heavy atom. The van der Waals surface area contributed by atoms with E-state index in [9.17, 15) is 13.8 Å². The Morgan fingerprint density at radius 2 is 1.46 bits per heavy atom. The molecule has 56 heavy (non-hydrogen) atoms. The molecule has 3 rings (SSSR count). The van der Waals surface area contributed by atoms with Gasteiger partial charge in [-0.1, -0.05) is 123 Å². The van der Waals surface area contributed by atoms with Gasteiger partial charge in [-0.25, -0.2) is 9.37 Å². The lowest BCUT2D eigenvalue weighted by molar-refractivity contribution is -0.0423. The zero-order chi connectivity index (χ0) is 40.3. The number of nitrogens with one attached hydrogen (secondary N) is 1. The number of nitrogens with zero attached hydrogens (tertiary/aromatic N) is 3. The molecule has 0 spiro atoms. The predicted octanol–water partition coefficient (Wildman–Crippen LogP) is 9.71. The molecule has 2 aromatic heterocycles. The van der Waals surface area contributed by atoms with Crippen LogP contribution in [0.1, 0.15) is 135 Å². The number of nitrogens with two attached hydrogens (primary N) is 1. The summed E-state index contributed by atoms with van der Waals surface area (Å²) in [5, 5.41) is 0. The van der Waals surface area contributed by atoms with Crippen LogP contribution >= 0.6 is 7.60 Å². The molecule has 0 aliphatic carbocycles. The second-order valence-electron chi connectivity index (χ2n) is 14.5. The monoisotopic (exact) mass is 809 g/mol. The van der Waals surface area contributed by atoms with E-state index >= 15 is 0 Å². The van der Waals surface area contributed by atoms with E-state index in [0.717, 1.165) is 25.7 Å². The Balaban J connectivity index is 1.41. The number of benzene rings is 1. The van der Waals surface area contributed by atoms with Crippen molar-refractivity contribution < 1.29 is 37.0 Å². The maximum Gasteiger partial charge on any atom is 0.356 e. The number of H-pyrrole nitrogens is 1. The molecule has 2 unspecified atom stereocenters. The largest absolute Gasteiger partial charge is 0.494 e. The van der Waals surface area contributed by atoms with Gasteiger partial charge in [0, 0.05) is 19.8 Å². The fourth-order valence-corrected chi connectivity index (χ4v) is 7.58. The Labute approximate surface area is 333 Å². The lowest BCUT2D eigenvalue weighted by atomic mass is 10.0. The van der Waals surface area contributed by atoms with Crippen molar-refractivity contribution in [3.8, 4) is 5.75 Å². The summed E-state index contributed by atoms with van der Waals surface area (Å²) in [5.74, 6) is -0.503. The van der Waals surface area contributed by atoms with Crippen molar-refractivity contribution in [2.75, 3.05) is 52.2 Å². The molecule has 1 aromatic carbocycles. The normalized spacial score (nSPS) is 13.4. The smallest absolute Gasteiger partial charge is 0.356 e. The molecule has 0 aliphatic rings. The number of anilines is 1. The summed E-state index contributed by atoms with van der Waals surface area (Å²) in [6.45, 7) is 5.86. The van der Waals surface area contributed by atoms with Crippen molar-refractivity contribution in [1.29, 1.82) is 0 Å². The number of imidazole rings is 1. The Kier molecular flexibility index (Phi) is 24.2. The molecule has 318 valence electrons. The minimum Gasteiger partial charge on any atom is -0.494 e. The topological polar surface area (TPSA) is 162 Å². The number of ether oxygens (including phenoxy) is 4. The first-order chi connectivity index (χ1) is 27.3. The van der Waals surface area contributed by atoms with Gasteiger partial charge in [-0.15, -0.1) is 0 Å². The molecule has 2 atom stereocenters. The van der Waals surface area contributed by atoms with E-state index in [-0.39, 0.29) is 56.5 Å². The van der Waals surface area contributed by atoms with Crippen LogP contribution in [0, 0.1) is 5.82 Å². The first-order valence-corrected chi connectivity index (χ1v) is 22.7. The van der Waals surface area contributed by atoms with Crippen molar-refractivity contribution in [3.63, 3.8) is 0 Å². The highest BCUT2D eigenvalue weighted by molar-refractivity contribution is 7.53. The molecule has 15 heteroatoms.